The first-order valence-electron chi connectivity index (χ1n) is 8.35. The molecule has 0 aliphatic heterocycles. The zero-order valence-electron chi connectivity index (χ0n) is 14.4. The van der Waals surface area contributed by atoms with Crippen molar-refractivity contribution < 1.29 is 13.5 Å². The van der Waals surface area contributed by atoms with Crippen molar-refractivity contribution >= 4 is 0 Å². The molecule has 0 fully saturated rings. The molecule has 0 aliphatic carbocycles. The molecular weight excluding hydrogens is 318 g/mol. The fourth-order valence-electron chi connectivity index (χ4n) is 2.93. The molecule has 3 heteroatoms. The Hall–Kier alpha value is -2.68. The Labute approximate surface area is 146 Å². The lowest BCUT2D eigenvalue weighted by Crippen LogP contribution is -1.93. The number of rotatable bonds is 5. The van der Waals surface area contributed by atoms with Crippen molar-refractivity contribution in [2.45, 2.75) is 19.8 Å². The van der Waals surface area contributed by atoms with Crippen molar-refractivity contribution in [2.75, 3.05) is 7.11 Å². The van der Waals surface area contributed by atoms with E-state index in [-0.39, 0.29) is 5.56 Å². The van der Waals surface area contributed by atoms with E-state index in [2.05, 4.69) is 6.92 Å². The lowest BCUT2D eigenvalue weighted by Gasteiger charge is -2.10. The predicted molar refractivity (Wildman–Crippen MR) is 97.8 cm³/mol. The monoisotopic (exact) mass is 338 g/mol. The van der Waals surface area contributed by atoms with Crippen LogP contribution in [0.3, 0.4) is 0 Å². The second-order valence-electron chi connectivity index (χ2n) is 5.99. The van der Waals surface area contributed by atoms with E-state index in [1.807, 2.05) is 24.3 Å². The minimum atomic E-state index is -0.571. The topological polar surface area (TPSA) is 9.23 Å². The van der Waals surface area contributed by atoms with Crippen LogP contribution in [-0.4, -0.2) is 7.11 Å². The maximum atomic E-state index is 14.6. The zero-order valence-corrected chi connectivity index (χ0v) is 14.4. The fourth-order valence-corrected chi connectivity index (χ4v) is 2.93. The molecule has 0 aromatic heterocycles. The molecule has 0 aliphatic rings. The zero-order chi connectivity index (χ0) is 17.8. The Bertz CT molecular complexity index is 829. The highest BCUT2D eigenvalue weighted by molar-refractivity contribution is 5.72. The van der Waals surface area contributed by atoms with Crippen LogP contribution in [-0.2, 0) is 6.42 Å². The Balaban J connectivity index is 1.96. The first-order valence-corrected chi connectivity index (χ1v) is 8.35. The van der Waals surface area contributed by atoms with Gasteiger partial charge in [-0.3, -0.25) is 0 Å². The molecule has 0 N–H and O–H groups in total. The Morgan fingerprint density at radius 1 is 0.760 bits per heavy atom. The van der Waals surface area contributed by atoms with Gasteiger partial charge < -0.3 is 4.74 Å². The first-order chi connectivity index (χ1) is 12.1. The van der Waals surface area contributed by atoms with Crippen LogP contribution < -0.4 is 4.74 Å². The van der Waals surface area contributed by atoms with Gasteiger partial charge in [-0.15, -0.1) is 0 Å². The van der Waals surface area contributed by atoms with Gasteiger partial charge in [0.15, 0.2) is 0 Å². The summed E-state index contributed by atoms with van der Waals surface area (Å²) in [5, 5.41) is 0. The van der Waals surface area contributed by atoms with Crippen LogP contribution >= 0.6 is 0 Å². The van der Waals surface area contributed by atoms with Crippen molar-refractivity contribution in [2.24, 2.45) is 0 Å². The molecule has 0 atom stereocenters. The van der Waals surface area contributed by atoms with Gasteiger partial charge in [0, 0.05) is 0 Å². The average molecular weight is 338 g/mol. The van der Waals surface area contributed by atoms with Gasteiger partial charge in [0.05, 0.1) is 12.7 Å². The first kappa shape index (κ1) is 17.2. The number of hydrogen-bond donors (Lipinski definition) is 0. The molecule has 1 nitrogen and oxygen atoms in total. The molecule has 0 heterocycles. The standard InChI is InChI=1S/C22H20F2O/c1-3-4-15-5-7-16(8-6-15)18-13-20(23)22(21(24)14-18)17-9-11-19(25-2)12-10-17/h5-14H,3-4H2,1-2H3. The Morgan fingerprint density at radius 2 is 1.32 bits per heavy atom. The van der Waals surface area contributed by atoms with Crippen molar-refractivity contribution in [3.63, 3.8) is 0 Å². The number of ether oxygens (including phenoxy) is 1. The molecule has 0 amide bonds. The largest absolute Gasteiger partial charge is 0.497 e. The van der Waals surface area contributed by atoms with E-state index in [1.165, 1.54) is 17.7 Å². The van der Waals surface area contributed by atoms with E-state index < -0.39 is 11.6 Å². The minimum absolute atomic E-state index is 0.0194. The number of aryl methyl sites for hydroxylation is 1. The lowest BCUT2D eigenvalue weighted by atomic mass is 9.97. The Kier molecular flexibility index (Phi) is 5.13. The molecule has 25 heavy (non-hydrogen) atoms. The molecular formula is C22H20F2O. The summed E-state index contributed by atoms with van der Waals surface area (Å²) in [5.41, 5.74) is 3.03. The second-order valence-corrected chi connectivity index (χ2v) is 5.99. The number of methoxy groups -OCH3 is 1. The van der Waals surface area contributed by atoms with Gasteiger partial charge in [0.25, 0.3) is 0 Å². The van der Waals surface area contributed by atoms with E-state index >= 15 is 0 Å². The van der Waals surface area contributed by atoms with Gasteiger partial charge in [-0.25, -0.2) is 8.78 Å². The number of benzene rings is 3. The van der Waals surface area contributed by atoms with E-state index in [1.54, 1.807) is 31.4 Å². The Morgan fingerprint density at radius 3 is 1.84 bits per heavy atom. The molecule has 3 aromatic rings. The molecule has 0 spiro atoms. The van der Waals surface area contributed by atoms with E-state index in [4.69, 9.17) is 4.74 Å². The van der Waals surface area contributed by atoms with Gasteiger partial charge in [0.1, 0.15) is 17.4 Å². The predicted octanol–water partition coefficient (Wildman–Crippen LogP) is 6.26. The lowest BCUT2D eigenvalue weighted by molar-refractivity contribution is 0.415. The summed E-state index contributed by atoms with van der Waals surface area (Å²) in [6, 6.07) is 17.3. The third-order valence-corrected chi connectivity index (χ3v) is 4.25. The van der Waals surface area contributed by atoms with Crippen molar-refractivity contribution in [3.05, 3.63) is 77.9 Å². The van der Waals surface area contributed by atoms with Crippen molar-refractivity contribution in [1.82, 2.24) is 0 Å². The number of halogens is 2. The molecule has 0 saturated carbocycles. The van der Waals surface area contributed by atoms with Gasteiger partial charge in [-0.1, -0.05) is 49.7 Å². The minimum Gasteiger partial charge on any atom is -0.497 e. The molecule has 0 saturated heterocycles. The summed E-state index contributed by atoms with van der Waals surface area (Å²) in [5.74, 6) is -0.496. The third-order valence-electron chi connectivity index (χ3n) is 4.25. The summed E-state index contributed by atoms with van der Waals surface area (Å²) < 4.78 is 34.3. The van der Waals surface area contributed by atoms with Crippen LogP contribution in [0.5, 0.6) is 5.75 Å². The van der Waals surface area contributed by atoms with E-state index in [9.17, 15) is 8.78 Å². The van der Waals surface area contributed by atoms with Crippen LogP contribution in [0, 0.1) is 11.6 Å². The van der Waals surface area contributed by atoms with Crippen LogP contribution in [0.15, 0.2) is 60.7 Å². The quantitative estimate of drug-likeness (QED) is 0.533. The normalized spacial score (nSPS) is 10.7. The van der Waals surface area contributed by atoms with Crippen LogP contribution in [0.25, 0.3) is 22.3 Å². The summed E-state index contributed by atoms with van der Waals surface area (Å²) in [6.45, 7) is 2.12. The highest BCUT2D eigenvalue weighted by atomic mass is 19.1. The summed E-state index contributed by atoms with van der Waals surface area (Å²) in [7, 11) is 1.55. The van der Waals surface area contributed by atoms with Gasteiger partial charge >= 0.3 is 0 Å². The van der Waals surface area contributed by atoms with Gasteiger partial charge in [-0.05, 0) is 52.9 Å². The molecule has 0 bridgehead atoms. The van der Waals surface area contributed by atoms with Gasteiger partial charge in [-0.2, -0.15) is 0 Å². The fraction of sp³-hybridized carbons (Fsp3) is 0.182. The maximum Gasteiger partial charge on any atom is 0.134 e. The summed E-state index contributed by atoms with van der Waals surface area (Å²) in [4.78, 5) is 0. The smallest absolute Gasteiger partial charge is 0.134 e. The van der Waals surface area contributed by atoms with Crippen molar-refractivity contribution in [1.29, 1.82) is 0 Å². The summed E-state index contributed by atoms with van der Waals surface area (Å²) in [6.07, 6.45) is 2.07. The van der Waals surface area contributed by atoms with Crippen LogP contribution in [0.1, 0.15) is 18.9 Å². The van der Waals surface area contributed by atoms with E-state index in [0.29, 0.717) is 16.9 Å². The summed E-state index contributed by atoms with van der Waals surface area (Å²) >= 11 is 0. The van der Waals surface area contributed by atoms with Crippen LogP contribution in [0.2, 0.25) is 0 Å². The van der Waals surface area contributed by atoms with Crippen LogP contribution in [0.4, 0.5) is 8.78 Å². The number of hydrogen-bond acceptors (Lipinski definition) is 1. The van der Waals surface area contributed by atoms with Crippen molar-refractivity contribution in [3.8, 4) is 28.0 Å². The second kappa shape index (κ2) is 7.47. The average Bonchev–Trinajstić information content (AvgIpc) is 2.62. The molecule has 0 unspecified atom stereocenters. The third kappa shape index (κ3) is 3.71. The SMILES string of the molecule is CCCc1ccc(-c2cc(F)c(-c3ccc(OC)cc3)c(F)c2)cc1. The highest BCUT2D eigenvalue weighted by Gasteiger charge is 2.14. The highest BCUT2D eigenvalue weighted by Crippen LogP contribution is 2.32. The molecule has 3 aromatic carbocycles. The molecule has 128 valence electrons. The maximum absolute atomic E-state index is 14.6. The van der Waals surface area contributed by atoms with E-state index in [0.717, 1.165) is 18.4 Å². The molecule has 3 rings (SSSR count). The van der Waals surface area contributed by atoms with Gasteiger partial charge in [0.2, 0.25) is 0 Å². The molecule has 0 radical (unpaired) electrons.